The third-order valence-corrected chi connectivity index (χ3v) is 3.64. The second-order valence-corrected chi connectivity index (χ2v) is 6.21. The zero-order valence-corrected chi connectivity index (χ0v) is 15.4. The second-order valence-electron chi connectivity index (χ2n) is 6.21. The van der Waals surface area contributed by atoms with Gasteiger partial charge in [-0.25, -0.2) is 5.06 Å². The minimum absolute atomic E-state index is 0. The molecule has 6 nitrogen and oxygen atoms in total. The normalized spacial score (nSPS) is 11.5. The summed E-state index contributed by atoms with van der Waals surface area (Å²) in [4.78, 5) is 12.1. The first-order valence-corrected chi connectivity index (χ1v) is 7.98. The molecule has 1 rings (SSSR count). The van der Waals surface area contributed by atoms with Crippen LogP contribution in [0.1, 0.15) is 44.2 Å². The van der Waals surface area contributed by atoms with E-state index in [-0.39, 0.29) is 30.8 Å². The average molecular weight is 357 g/mol. The molecule has 0 unspecified atom stereocenters. The molecule has 0 aromatic heterocycles. The topological polar surface area (TPSA) is 102 Å². The van der Waals surface area contributed by atoms with Crippen molar-refractivity contribution in [2.75, 3.05) is 13.1 Å². The molecule has 1 atom stereocenters. The first kappa shape index (κ1) is 22.2. The van der Waals surface area contributed by atoms with Crippen LogP contribution in [-0.4, -0.2) is 35.2 Å². The molecule has 0 radical (unpaired) electrons. The zero-order valence-electron chi connectivity index (χ0n) is 14.6. The molecule has 24 heavy (non-hydrogen) atoms. The van der Waals surface area contributed by atoms with Gasteiger partial charge in [0.1, 0.15) is 0 Å². The van der Waals surface area contributed by atoms with E-state index >= 15 is 0 Å². The van der Waals surface area contributed by atoms with Crippen LogP contribution in [0.3, 0.4) is 0 Å². The predicted octanol–water partition coefficient (Wildman–Crippen LogP) is 2.50. The van der Waals surface area contributed by atoms with E-state index in [1.807, 2.05) is 19.1 Å². The van der Waals surface area contributed by atoms with Gasteiger partial charge in [0.25, 0.3) is 0 Å². The number of guanidine groups is 1. The molecule has 7 heteroatoms. The summed E-state index contributed by atoms with van der Waals surface area (Å²) in [6.45, 7) is 6.89. The van der Waals surface area contributed by atoms with Crippen molar-refractivity contribution in [3.8, 4) is 0 Å². The highest BCUT2D eigenvalue weighted by molar-refractivity contribution is 5.85. The first-order valence-electron chi connectivity index (χ1n) is 7.98. The molecule has 1 aromatic carbocycles. The van der Waals surface area contributed by atoms with Gasteiger partial charge < -0.3 is 11.1 Å². The van der Waals surface area contributed by atoms with Crippen molar-refractivity contribution in [3.63, 3.8) is 0 Å². The summed E-state index contributed by atoms with van der Waals surface area (Å²) < 4.78 is 0. The van der Waals surface area contributed by atoms with Gasteiger partial charge in [0.2, 0.25) is 11.9 Å². The Morgan fingerprint density at radius 1 is 1.29 bits per heavy atom. The zero-order chi connectivity index (χ0) is 17.4. The van der Waals surface area contributed by atoms with Gasteiger partial charge in [-0.15, -0.1) is 12.4 Å². The van der Waals surface area contributed by atoms with Gasteiger partial charge in [0.15, 0.2) is 0 Å². The van der Waals surface area contributed by atoms with Gasteiger partial charge >= 0.3 is 0 Å². The van der Waals surface area contributed by atoms with Crippen molar-refractivity contribution >= 4 is 24.3 Å². The van der Waals surface area contributed by atoms with Crippen molar-refractivity contribution in [1.82, 2.24) is 10.4 Å². The Morgan fingerprint density at radius 3 is 2.38 bits per heavy atom. The number of halogens is 1. The summed E-state index contributed by atoms with van der Waals surface area (Å²) in [5, 5.41) is 19.8. The maximum absolute atomic E-state index is 12.1. The standard InChI is InChI=1S/C17H28N4O2.ClH/c1-12(2)11-14-5-7-15(8-6-14)13(3)16(22)20-9-4-10-21(23)17(18)19;/h5-8,12-13,23H,4,9-11H2,1-3H3,(H3,18,19)(H,20,22);1H/t13-;/m1./s1. The molecular formula is C17H29ClN4O2. The molecule has 0 aliphatic rings. The Bertz CT molecular complexity index is 520. The molecule has 0 aliphatic heterocycles. The van der Waals surface area contributed by atoms with Crippen LogP contribution in [0.2, 0.25) is 0 Å². The summed E-state index contributed by atoms with van der Waals surface area (Å²) in [6, 6.07) is 8.17. The van der Waals surface area contributed by atoms with E-state index in [1.54, 1.807) is 0 Å². The van der Waals surface area contributed by atoms with Crippen LogP contribution in [0, 0.1) is 11.3 Å². The summed E-state index contributed by atoms with van der Waals surface area (Å²) in [6.07, 6.45) is 1.55. The van der Waals surface area contributed by atoms with Crippen LogP contribution >= 0.6 is 12.4 Å². The fourth-order valence-electron chi connectivity index (χ4n) is 2.28. The minimum atomic E-state index is -0.397. The van der Waals surface area contributed by atoms with Crippen LogP contribution in [0.25, 0.3) is 0 Å². The number of nitrogens with zero attached hydrogens (tertiary/aromatic N) is 1. The summed E-state index contributed by atoms with van der Waals surface area (Å²) in [7, 11) is 0. The second kappa shape index (κ2) is 10.9. The molecule has 1 amide bonds. The van der Waals surface area contributed by atoms with Crippen LogP contribution in [0.5, 0.6) is 0 Å². The maximum atomic E-state index is 12.1. The maximum Gasteiger partial charge on any atom is 0.227 e. The van der Waals surface area contributed by atoms with Crippen LogP contribution in [-0.2, 0) is 11.2 Å². The summed E-state index contributed by atoms with van der Waals surface area (Å²) in [5.41, 5.74) is 7.39. The monoisotopic (exact) mass is 356 g/mol. The van der Waals surface area contributed by atoms with E-state index in [1.165, 1.54) is 5.56 Å². The van der Waals surface area contributed by atoms with Gasteiger partial charge in [-0.2, -0.15) is 0 Å². The van der Waals surface area contributed by atoms with E-state index in [9.17, 15) is 10.0 Å². The molecule has 0 aliphatic carbocycles. The molecule has 0 saturated heterocycles. The lowest BCUT2D eigenvalue weighted by molar-refractivity contribution is -0.122. The summed E-state index contributed by atoms with van der Waals surface area (Å²) >= 11 is 0. The van der Waals surface area contributed by atoms with Crippen LogP contribution in [0.4, 0.5) is 0 Å². The SMILES string of the molecule is CC(C)Cc1ccc([C@@H](C)C(=O)NCCCN(O)C(=N)N)cc1.Cl. The van der Waals surface area contributed by atoms with Gasteiger partial charge in [0.05, 0.1) is 12.5 Å². The highest BCUT2D eigenvalue weighted by Crippen LogP contribution is 2.17. The van der Waals surface area contributed by atoms with E-state index in [0.717, 1.165) is 12.0 Å². The Balaban J connectivity index is 0.00000529. The van der Waals surface area contributed by atoms with Gasteiger partial charge in [-0.1, -0.05) is 38.1 Å². The van der Waals surface area contributed by atoms with E-state index in [4.69, 9.17) is 11.1 Å². The number of rotatable bonds is 8. The summed E-state index contributed by atoms with van der Waals surface area (Å²) in [5.74, 6) is -0.0519. The number of nitrogens with one attached hydrogen (secondary N) is 2. The molecule has 0 saturated carbocycles. The third kappa shape index (κ3) is 7.66. The molecule has 0 bridgehead atoms. The predicted molar refractivity (Wildman–Crippen MR) is 98.7 cm³/mol. The van der Waals surface area contributed by atoms with Crippen molar-refractivity contribution < 1.29 is 10.0 Å². The van der Waals surface area contributed by atoms with E-state index in [0.29, 0.717) is 23.9 Å². The molecule has 0 heterocycles. The third-order valence-electron chi connectivity index (χ3n) is 3.64. The number of carbonyl (C=O) groups excluding carboxylic acids is 1. The van der Waals surface area contributed by atoms with Gasteiger partial charge in [-0.05, 0) is 36.8 Å². The molecule has 0 spiro atoms. The van der Waals surface area contributed by atoms with Crippen molar-refractivity contribution in [3.05, 3.63) is 35.4 Å². The van der Waals surface area contributed by atoms with Crippen LogP contribution < -0.4 is 11.1 Å². The van der Waals surface area contributed by atoms with Crippen LogP contribution in [0.15, 0.2) is 24.3 Å². The molecule has 136 valence electrons. The number of benzene rings is 1. The largest absolute Gasteiger partial charge is 0.368 e. The number of hydroxylamine groups is 2. The van der Waals surface area contributed by atoms with Gasteiger partial charge in [0, 0.05) is 6.54 Å². The quantitative estimate of drug-likeness (QED) is 0.249. The lowest BCUT2D eigenvalue weighted by Gasteiger charge is -2.16. The van der Waals surface area contributed by atoms with Crippen molar-refractivity contribution in [1.29, 1.82) is 5.41 Å². The van der Waals surface area contributed by atoms with E-state index < -0.39 is 5.96 Å². The number of hydrogen-bond acceptors (Lipinski definition) is 3. The van der Waals surface area contributed by atoms with Crippen molar-refractivity contribution in [2.45, 2.75) is 39.5 Å². The molecule has 5 N–H and O–H groups in total. The number of amides is 1. The Kier molecular flexibility index (Phi) is 10.1. The highest BCUT2D eigenvalue weighted by atomic mass is 35.5. The Labute approximate surface area is 150 Å². The Morgan fingerprint density at radius 2 is 1.88 bits per heavy atom. The fourth-order valence-corrected chi connectivity index (χ4v) is 2.28. The molecule has 1 aromatic rings. The minimum Gasteiger partial charge on any atom is -0.368 e. The lowest BCUT2D eigenvalue weighted by Crippen LogP contribution is -2.36. The highest BCUT2D eigenvalue weighted by Gasteiger charge is 2.14. The number of hydrogen-bond donors (Lipinski definition) is 4. The number of carbonyl (C=O) groups is 1. The molecular weight excluding hydrogens is 328 g/mol. The average Bonchev–Trinajstić information content (AvgIpc) is 2.50. The van der Waals surface area contributed by atoms with E-state index in [2.05, 4.69) is 31.3 Å². The fraction of sp³-hybridized carbons (Fsp3) is 0.529. The Hall–Kier alpha value is -1.79. The smallest absolute Gasteiger partial charge is 0.227 e. The van der Waals surface area contributed by atoms with Gasteiger partial charge in [-0.3, -0.25) is 15.4 Å². The lowest BCUT2D eigenvalue weighted by atomic mass is 9.96. The van der Waals surface area contributed by atoms with Crippen molar-refractivity contribution in [2.24, 2.45) is 11.7 Å². The first-order chi connectivity index (χ1) is 10.8. The number of nitrogens with two attached hydrogens (primary N) is 1. The molecule has 0 fully saturated rings.